The predicted molar refractivity (Wildman–Crippen MR) is 96.4 cm³/mol. The van der Waals surface area contributed by atoms with Gasteiger partial charge in [0.15, 0.2) is 0 Å². The van der Waals surface area contributed by atoms with Crippen LogP contribution in [0.1, 0.15) is 64.2 Å². The average Bonchev–Trinajstić information content (AvgIpc) is 2.61. The molecule has 5 nitrogen and oxygen atoms in total. The predicted octanol–water partition coefficient (Wildman–Crippen LogP) is 2.65. The van der Waals surface area contributed by atoms with E-state index in [4.69, 9.17) is 15.2 Å². The van der Waals surface area contributed by atoms with Crippen LogP contribution in [0.2, 0.25) is 0 Å². The molecule has 1 aliphatic carbocycles. The molecule has 1 amide bonds. The molecule has 1 saturated carbocycles. The lowest BCUT2D eigenvalue weighted by Crippen LogP contribution is -2.58. The molecule has 3 aliphatic rings. The summed E-state index contributed by atoms with van der Waals surface area (Å²) >= 11 is 0. The zero-order valence-electron chi connectivity index (χ0n) is 14.7. The fourth-order valence-electron chi connectivity index (χ4n) is 4.12. The summed E-state index contributed by atoms with van der Waals surface area (Å²) in [6.45, 7) is 3.15. The third-order valence-electron chi connectivity index (χ3n) is 5.69. The molecule has 2 aliphatic heterocycles. The second-order valence-corrected chi connectivity index (χ2v) is 7.53. The molecule has 6 heteroatoms. The second kappa shape index (κ2) is 9.37. The Morgan fingerprint density at radius 1 is 1.08 bits per heavy atom. The van der Waals surface area contributed by atoms with Gasteiger partial charge in [-0.1, -0.05) is 19.3 Å². The fraction of sp³-hybridized carbons (Fsp3) is 0.944. The molecule has 0 aromatic carbocycles. The van der Waals surface area contributed by atoms with Gasteiger partial charge in [0.25, 0.3) is 0 Å². The fourth-order valence-corrected chi connectivity index (χ4v) is 4.12. The molecule has 1 unspecified atom stereocenters. The lowest BCUT2D eigenvalue weighted by atomic mass is 9.81. The first-order valence-corrected chi connectivity index (χ1v) is 9.49. The highest BCUT2D eigenvalue weighted by molar-refractivity contribution is 5.86. The highest BCUT2D eigenvalue weighted by Crippen LogP contribution is 2.29. The summed E-state index contributed by atoms with van der Waals surface area (Å²) in [4.78, 5) is 14.7. The molecule has 2 heterocycles. The minimum absolute atomic E-state index is 0. The smallest absolute Gasteiger partial charge is 0.242 e. The monoisotopic (exact) mass is 360 g/mol. The number of likely N-dealkylation sites (tertiary alicyclic amines) is 1. The summed E-state index contributed by atoms with van der Waals surface area (Å²) in [5, 5.41) is 0. The Labute approximate surface area is 152 Å². The number of ether oxygens (including phenoxy) is 2. The van der Waals surface area contributed by atoms with Crippen LogP contribution in [0, 0.1) is 0 Å². The molecule has 0 aromatic heterocycles. The van der Waals surface area contributed by atoms with E-state index >= 15 is 0 Å². The number of nitrogens with zero attached hydrogens (tertiary/aromatic N) is 1. The van der Waals surface area contributed by atoms with Crippen LogP contribution < -0.4 is 5.73 Å². The standard InChI is InChI=1S/C18H32N2O3.ClH/c19-18(9-3-1-4-10-18)17(21)20-11-7-15(8-12-20)23-14-16-6-2-5-13-22-16;/h15-16H,1-14,19H2;1H. The van der Waals surface area contributed by atoms with Crippen LogP contribution in [-0.2, 0) is 14.3 Å². The maximum absolute atomic E-state index is 12.7. The van der Waals surface area contributed by atoms with E-state index in [1.54, 1.807) is 0 Å². The number of carbonyl (C=O) groups excluding carboxylic acids is 1. The Morgan fingerprint density at radius 3 is 2.42 bits per heavy atom. The van der Waals surface area contributed by atoms with Crippen LogP contribution in [0.4, 0.5) is 0 Å². The van der Waals surface area contributed by atoms with E-state index in [9.17, 15) is 4.79 Å². The van der Waals surface area contributed by atoms with Gasteiger partial charge in [0.2, 0.25) is 5.91 Å². The van der Waals surface area contributed by atoms with Gasteiger partial charge in [0.05, 0.1) is 24.4 Å². The van der Waals surface area contributed by atoms with Gasteiger partial charge >= 0.3 is 0 Å². The molecule has 2 saturated heterocycles. The molecular weight excluding hydrogens is 328 g/mol. The highest BCUT2D eigenvalue weighted by atomic mass is 35.5. The van der Waals surface area contributed by atoms with E-state index in [-0.39, 0.29) is 30.5 Å². The summed E-state index contributed by atoms with van der Waals surface area (Å²) in [6, 6.07) is 0. The van der Waals surface area contributed by atoms with Crippen LogP contribution in [0.25, 0.3) is 0 Å². The number of piperidine rings is 1. The molecule has 0 aromatic rings. The number of amides is 1. The number of hydrogen-bond acceptors (Lipinski definition) is 4. The van der Waals surface area contributed by atoms with Crippen LogP contribution in [0.5, 0.6) is 0 Å². The van der Waals surface area contributed by atoms with Crippen molar-refractivity contribution in [1.82, 2.24) is 4.90 Å². The molecule has 1 atom stereocenters. The van der Waals surface area contributed by atoms with Crippen molar-refractivity contribution in [3.63, 3.8) is 0 Å². The SMILES string of the molecule is Cl.NC1(C(=O)N2CCC(OCC3CCCCO3)CC2)CCCCC1. The van der Waals surface area contributed by atoms with Gasteiger partial charge in [-0.3, -0.25) is 4.79 Å². The van der Waals surface area contributed by atoms with Crippen LogP contribution >= 0.6 is 12.4 Å². The summed E-state index contributed by atoms with van der Waals surface area (Å²) in [6.07, 6.45) is 11.0. The zero-order valence-corrected chi connectivity index (χ0v) is 15.5. The van der Waals surface area contributed by atoms with E-state index in [0.717, 1.165) is 64.6 Å². The van der Waals surface area contributed by atoms with Gasteiger partial charge in [-0.05, 0) is 44.9 Å². The van der Waals surface area contributed by atoms with Gasteiger partial charge in [-0.25, -0.2) is 0 Å². The summed E-state index contributed by atoms with van der Waals surface area (Å²) in [5.74, 6) is 0.172. The Hall–Kier alpha value is -0.360. The topological polar surface area (TPSA) is 64.8 Å². The third-order valence-corrected chi connectivity index (χ3v) is 5.69. The van der Waals surface area contributed by atoms with Crippen LogP contribution in [0.15, 0.2) is 0 Å². The zero-order chi connectivity index (χ0) is 16.1. The van der Waals surface area contributed by atoms with Gasteiger partial charge in [0, 0.05) is 19.7 Å². The Balaban J connectivity index is 0.00000208. The Bertz CT molecular complexity index is 388. The van der Waals surface area contributed by atoms with Crippen molar-refractivity contribution in [2.24, 2.45) is 5.73 Å². The normalized spacial score (nSPS) is 28.2. The average molecular weight is 361 g/mol. The maximum atomic E-state index is 12.7. The molecule has 3 fully saturated rings. The first-order valence-electron chi connectivity index (χ1n) is 9.49. The van der Waals surface area contributed by atoms with Crippen molar-refractivity contribution in [1.29, 1.82) is 0 Å². The minimum Gasteiger partial charge on any atom is -0.376 e. The van der Waals surface area contributed by atoms with Gasteiger partial charge in [-0.2, -0.15) is 0 Å². The highest BCUT2D eigenvalue weighted by Gasteiger charge is 2.39. The van der Waals surface area contributed by atoms with Gasteiger partial charge < -0.3 is 20.1 Å². The van der Waals surface area contributed by atoms with Crippen molar-refractivity contribution < 1.29 is 14.3 Å². The molecule has 0 bridgehead atoms. The van der Waals surface area contributed by atoms with E-state index in [2.05, 4.69) is 0 Å². The molecule has 140 valence electrons. The Kier molecular flexibility index (Phi) is 7.79. The molecule has 2 N–H and O–H groups in total. The lowest BCUT2D eigenvalue weighted by molar-refractivity contribution is -0.141. The lowest BCUT2D eigenvalue weighted by Gasteiger charge is -2.40. The third kappa shape index (κ3) is 5.07. The van der Waals surface area contributed by atoms with E-state index in [1.807, 2.05) is 4.90 Å². The molecular formula is C18H33ClN2O3. The molecule has 24 heavy (non-hydrogen) atoms. The first kappa shape index (κ1) is 20.0. The number of nitrogens with two attached hydrogens (primary N) is 1. The summed E-state index contributed by atoms with van der Waals surface area (Å²) in [7, 11) is 0. The molecule has 3 rings (SSSR count). The summed E-state index contributed by atoms with van der Waals surface area (Å²) in [5.41, 5.74) is 5.79. The molecule has 0 radical (unpaired) electrons. The first-order chi connectivity index (χ1) is 11.2. The number of halogens is 1. The van der Waals surface area contributed by atoms with E-state index in [1.165, 1.54) is 19.3 Å². The molecule has 0 spiro atoms. The van der Waals surface area contributed by atoms with Crippen LogP contribution in [-0.4, -0.2) is 54.9 Å². The van der Waals surface area contributed by atoms with Crippen molar-refractivity contribution in [3.8, 4) is 0 Å². The van der Waals surface area contributed by atoms with Gasteiger partial charge in [0.1, 0.15) is 0 Å². The van der Waals surface area contributed by atoms with Crippen molar-refractivity contribution in [2.75, 3.05) is 26.3 Å². The minimum atomic E-state index is -0.595. The van der Waals surface area contributed by atoms with Crippen molar-refractivity contribution in [3.05, 3.63) is 0 Å². The number of rotatable bonds is 4. The van der Waals surface area contributed by atoms with E-state index in [0.29, 0.717) is 6.61 Å². The van der Waals surface area contributed by atoms with Crippen molar-refractivity contribution >= 4 is 18.3 Å². The number of hydrogen-bond donors (Lipinski definition) is 1. The maximum Gasteiger partial charge on any atom is 0.242 e. The quantitative estimate of drug-likeness (QED) is 0.837. The van der Waals surface area contributed by atoms with Crippen LogP contribution in [0.3, 0.4) is 0 Å². The largest absolute Gasteiger partial charge is 0.376 e. The van der Waals surface area contributed by atoms with Crippen molar-refractivity contribution in [2.45, 2.75) is 82.0 Å². The van der Waals surface area contributed by atoms with Gasteiger partial charge in [-0.15, -0.1) is 12.4 Å². The Morgan fingerprint density at radius 2 is 1.79 bits per heavy atom. The van der Waals surface area contributed by atoms with E-state index < -0.39 is 5.54 Å². The number of carbonyl (C=O) groups is 1. The second-order valence-electron chi connectivity index (χ2n) is 7.53. The summed E-state index contributed by atoms with van der Waals surface area (Å²) < 4.78 is 11.7.